The minimum absolute atomic E-state index is 2.01. The molecule has 0 aromatic carbocycles. The van der Waals surface area contributed by atoms with Gasteiger partial charge < -0.3 is 5.11 Å². The normalized spacial score (nSPS) is 9.17. The zero-order chi connectivity index (χ0) is 5.15. The highest BCUT2D eigenvalue weighted by Crippen LogP contribution is 2.38. The summed E-state index contributed by atoms with van der Waals surface area (Å²) in [5.41, 5.74) is -2.01. The van der Waals surface area contributed by atoms with E-state index in [9.17, 15) is 8.39 Å². The van der Waals surface area contributed by atoms with Gasteiger partial charge in [0.1, 0.15) is 0 Å². The summed E-state index contributed by atoms with van der Waals surface area (Å²) in [6.07, 6.45) is 0. The van der Waals surface area contributed by atoms with Crippen molar-refractivity contribution in [3.63, 3.8) is 0 Å². The quantitative estimate of drug-likeness (QED) is 0.528. The van der Waals surface area contributed by atoms with E-state index in [-0.39, 0.29) is 0 Å². The molecule has 0 spiro atoms. The third kappa shape index (κ3) is 2.03. The molecule has 0 heterocycles. The van der Waals surface area contributed by atoms with E-state index in [0.29, 0.717) is 0 Å². The molecule has 0 aromatic heterocycles. The van der Waals surface area contributed by atoms with Crippen LogP contribution in [0.2, 0.25) is 0 Å². The molecule has 0 aliphatic heterocycles. The Morgan fingerprint density at radius 2 is 1.83 bits per heavy atom. The van der Waals surface area contributed by atoms with Crippen LogP contribution in [0.4, 0.5) is 13.2 Å². The number of carboxylic acid groups (broad SMARTS) is 1. The van der Waals surface area contributed by atoms with Crippen molar-refractivity contribution in [2.75, 3.05) is 0 Å². The van der Waals surface area contributed by atoms with E-state index in [1.807, 2.05) is 0 Å². The lowest BCUT2D eigenvalue weighted by Crippen LogP contribution is -1.76. The van der Waals surface area contributed by atoms with Gasteiger partial charge in [0.2, 0.25) is 0 Å². The van der Waals surface area contributed by atoms with Crippen LogP contribution >= 0.6 is 8.54 Å². The van der Waals surface area contributed by atoms with Crippen LogP contribution in [0.3, 0.4) is 0 Å². The highest BCUT2D eigenvalue weighted by Gasteiger charge is 2.13. The topological polar surface area (TPSA) is 37.3 Å². The van der Waals surface area contributed by atoms with Crippen LogP contribution in [0.15, 0.2) is 0 Å². The van der Waals surface area contributed by atoms with Crippen molar-refractivity contribution in [3.05, 3.63) is 0 Å². The largest absolute Gasteiger partial charge is 0.474 e. The first-order chi connectivity index (χ1) is 2.64. The van der Waals surface area contributed by atoms with Gasteiger partial charge in [-0.15, -0.1) is 0 Å². The number of rotatable bonds is 1. The van der Waals surface area contributed by atoms with Crippen molar-refractivity contribution in [2.45, 2.75) is 0 Å². The molecule has 0 atom stereocenters. The Morgan fingerprint density at radius 1 is 1.67 bits per heavy atom. The summed E-state index contributed by atoms with van der Waals surface area (Å²) in [6, 6.07) is 0. The van der Waals surface area contributed by atoms with Gasteiger partial charge in [0.15, 0.2) is 0 Å². The Hall–Kier alpha value is -0.240. The van der Waals surface area contributed by atoms with Gasteiger partial charge in [-0.05, 0) is 0 Å². The average Bonchev–Trinajstić information content (AvgIpc) is 1.36. The van der Waals surface area contributed by atoms with Crippen molar-refractivity contribution in [2.24, 2.45) is 0 Å². The predicted octanol–water partition coefficient (Wildman–Crippen LogP) is 1.92. The van der Waals surface area contributed by atoms with Gasteiger partial charge in [-0.3, -0.25) is 0 Å². The van der Waals surface area contributed by atoms with Gasteiger partial charge >= 0.3 is 14.3 Å². The van der Waals surface area contributed by atoms with Gasteiger partial charge in [-0.25, -0.2) is 4.79 Å². The molecule has 0 rings (SSSR count). The molecule has 0 saturated heterocycles. The van der Waals surface area contributed by atoms with Crippen molar-refractivity contribution < 1.29 is 18.3 Å². The van der Waals surface area contributed by atoms with Crippen molar-refractivity contribution >= 4 is 14.3 Å². The molecule has 0 radical (unpaired) electrons. The first-order valence-electron chi connectivity index (χ1n) is 0.989. The van der Waals surface area contributed by atoms with Gasteiger partial charge in [-0.2, -0.15) is 8.39 Å². The smallest absolute Gasteiger partial charge is 0.391 e. The summed E-state index contributed by atoms with van der Waals surface area (Å²) < 4.78 is 21.2. The molecule has 0 unspecified atom stereocenters. The highest BCUT2D eigenvalue weighted by atomic mass is 31.2. The fourth-order valence-corrected chi connectivity index (χ4v) is 0. The van der Waals surface area contributed by atoms with Crippen LogP contribution in [0, 0.1) is 0 Å². The second kappa shape index (κ2) is 2.03. The number of hydrogen-bond acceptors (Lipinski definition) is 1. The molecule has 5 heteroatoms. The summed E-state index contributed by atoms with van der Waals surface area (Å²) in [7, 11) is -3.74. The fraction of sp³-hybridized carbons (Fsp3) is 0. The van der Waals surface area contributed by atoms with E-state index in [4.69, 9.17) is 9.90 Å². The third-order valence-electron chi connectivity index (χ3n) is 0.145. The molecule has 36 valence electrons. The molecule has 0 bridgehead atoms. The zero-order valence-electron chi connectivity index (χ0n) is 2.56. The molecule has 2 nitrogen and oxygen atoms in total. The Bertz CT molecular complexity index is 62.6. The van der Waals surface area contributed by atoms with E-state index < -0.39 is 14.3 Å². The predicted molar refractivity (Wildman–Crippen MR) is 17.2 cm³/mol. The third-order valence-corrected chi connectivity index (χ3v) is 0.434. The minimum atomic E-state index is -3.74. The number of carbonyl (C=O) groups is 1. The zero-order valence-corrected chi connectivity index (χ0v) is 3.45. The van der Waals surface area contributed by atoms with Gasteiger partial charge in [0.25, 0.3) is 0 Å². The number of hydrogen-bond donors (Lipinski definition) is 1. The first kappa shape index (κ1) is 5.76. The molecule has 0 aromatic rings. The van der Waals surface area contributed by atoms with Crippen LogP contribution in [0.5, 0.6) is 0 Å². The second-order valence-electron chi connectivity index (χ2n) is 0.515. The van der Waals surface area contributed by atoms with Crippen molar-refractivity contribution in [1.82, 2.24) is 0 Å². The van der Waals surface area contributed by atoms with Crippen molar-refractivity contribution in [1.29, 1.82) is 0 Å². The monoisotopic (exact) mass is 114 g/mol. The Kier molecular flexibility index (Phi) is 1.95. The SMILES string of the molecule is O=C(O)P(F)F. The number of halogens is 2. The summed E-state index contributed by atoms with van der Waals surface area (Å²) in [6.45, 7) is 0. The maximum atomic E-state index is 10.6. The Labute approximate surface area is 33.8 Å². The van der Waals surface area contributed by atoms with E-state index >= 15 is 0 Å². The van der Waals surface area contributed by atoms with E-state index in [1.165, 1.54) is 0 Å². The van der Waals surface area contributed by atoms with Gasteiger partial charge in [0.05, 0.1) is 0 Å². The highest BCUT2D eigenvalue weighted by molar-refractivity contribution is 7.64. The maximum Gasteiger partial charge on any atom is 0.391 e. The maximum absolute atomic E-state index is 10.6. The summed E-state index contributed by atoms with van der Waals surface area (Å²) in [5, 5.41) is 7.27. The van der Waals surface area contributed by atoms with Crippen LogP contribution < -0.4 is 0 Å². The van der Waals surface area contributed by atoms with Crippen LogP contribution in [0.25, 0.3) is 0 Å². The second-order valence-corrected chi connectivity index (χ2v) is 1.36. The minimum Gasteiger partial charge on any atom is -0.474 e. The van der Waals surface area contributed by atoms with Crippen molar-refractivity contribution in [3.8, 4) is 0 Å². The molecular formula is CHF2O2P. The average molecular weight is 114 g/mol. The molecular weight excluding hydrogens is 113 g/mol. The first-order valence-corrected chi connectivity index (χ1v) is 2.11. The fourth-order valence-electron chi connectivity index (χ4n) is 0. The van der Waals surface area contributed by atoms with Crippen LogP contribution in [-0.2, 0) is 0 Å². The molecule has 6 heavy (non-hydrogen) atoms. The summed E-state index contributed by atoms with van der Waals surface area (Å²) in [5.74, 6) is 0. The summed E-state index contributed by atoms with van der Waals surface area (Å²) >= 11 is 0. The standard InChI is InChI=1S/CHF2O2P/c2-6(3)1(4)5/h(H,4,5). The molecule has 0 aliphatic carbocycles. The summed E-state index contributed by atoms with van der Waals surface area (Å²) in [4.78, 5) is 8.98. The van der Waals surface area contributed by atoms with Gasteiger partial charge in [-0.1, -0.05) is 0 Å². The molecule has 0 saturated carbocycles. The Morgan fingerprint density at radius 3 is 1.83 bits per heavy atom. The van der Waals surface area contributed by atoms with E-state index in [2.05, 4.69) is 0 Å². The van der Waals surface area contributed by atoms with Crippen LogP contribution in [0.1, 0.15) is 0 Å². The van der Waals surface area contributed by atoms with E-state index in [0.717, 1.165) is 0 Å². The molecule has 1 N–H and O–H groups in total. The lowest BCUT2D eigenvalue weighted by molar-refractivity contribution is 0.218. The van der Waals surface area contributed by atoms with E-state index in [1.54, 1.807) is 0 Å². The van der Waals surface area contributed by atoms with Crippen LogP contribution in [-0.4, -0.2) is 10.8 Å². The Balaban J connectivity index is 3.26. The molecule has 0 fully saturated rings. The molecule has 0 amide bonds. The molecule has 0 aliphatic rings. The lowest BCUT2D eigenvalue weighted by atomic mass is 11.6. The lowest BCUT2D eigenvalue weighted by Gasteiger charge is -1.78. The van der Waals surface area contributed by atoms with Gasteiger partial charge in [0, 0.05) is 0 Å².